The number of benzene rings is 1. The summed E-state index contributed by atoms with van der Waals surface area (Å²) >= 11 is 0. The van der Waals surface area contributed by atoms with Gasteiger partial charge in [-0.2, -0.15) is 13.2 Å². The minimum atomic E-state index is -4.38. The number of nitrogens with one attached hydrogen (secondary N) is 2. The zero-order valence-corrected chi connectivity index (χ0v) is 13.1. The van der Waals surface area contributed by atoms with Crippen LogP contribution in [0.1, 0.15) is 32.0 Å². The van der Waals surface area contributed by atoms with Crippen molar-refractivity contribution >= 4 is 11.8 Å². The first-order chi connectivity index (χ1) is 11.8. The number of hydrogen-bond acceptors (Lipinski definition) is 4. The van der Waals surface area contributed by atoms with E-state index in [0.29, 0.717) is 11.3 Å². The van der Waals surface area contributed by atoms with Crippen molar-refractivity contribution in [3.63, 3.8) is 0 Å². The maximum atomic E-state index is 12.0. The van der Waals surface area contributed by atoms with Crippen molar-refractivity contribution in [2.75, 3.05) is 6.61 Å². The van der Waals surface area contributed by atoms with E-state index in [1.54, 1.807) is 6.92 Å². The van der Waals surface area contributed by atoms with Crippen LogP contribution in [0.4, 0.5) is 13.2 Å². The van der Waals surface area contributed by atoms with E-state index < -0.39 is 24.6 Å². The summed E-state index contributed by atoms with van der Waals surface area (Å²) in [6.07, 6.45) is -3.03. The smallest absolute Gasteiger partial charge is 0.411 e. The Balaban J connectivity index is 1.84. The lowest BCUT2D eigenvalue weighted by Gasteiger charge is -2.09. The summed E-state index contributed by atoms with van der Waals surface area (Å²) in [4.78, 5) is 23.8. The molecule has 0 aliphatic heterocycles. The molecule has 0 spiro atoms. The number of aryl methyl sites for hydroxylation is 1. The van der Waals surface area contributed by atoms with Gasteiger partial charge in [-0.25, -0.2) is 0 Å². The lowest BCUT2D eigenvalue weighted by atomic mass is 10.1. The number of alkyl halides is 3. The molecule has 0 aliphatic carbocycles. The molecule has 1 heterocycles. The fraction of sp³-hybridized carbons (Fsp3) is 0.250. The van der Waals surface area contributed by atoms with Gasteiger partial charge in [-0.05, 0) is 30.7 Å². The van der Waals surface area contributed by atoms with Gasteiger partial charge in [0.15, 0.2) is 0 Å². The number of ether oxygens (including phenoxy) is 1. The summed E-state index contributed by atoms with van der Waals surface area (Å²) in [7, 11) is 0. The Hall–Kier alpha value is -2.81. The Bertz CT molecular complexity index is 739. The van der Waals surface area contributed by atoms with Crippen molar-refractivity contribution in [3.05, 3.63) is 59.0 Å². The third-order valence-corrected chi connectivity index (χ3v) is 3.14. The minimum absolute atomic E-state index is 0.224. The van der Waals surface area contributed by atoms with Gasteiger partial charge < -0.3 is 9.15 Å². The van der Waals surface area contributed by atoms with Crippen molar-refractivity contribution in [1.29, 1.82) is 0 Å². The van der Waals surface area contributed by atoms with Crippen LogP contribution in [-0.4, -0.2) is 24.6 Å². The second-order valence-electron chi connectivity index (χ2n) is 5.10. The Kier molecular flexibility index (Phi) is 5.81. The largest absolute Gasteiger partial charge is 0.469 e. The van der Waals surface area contributed by atoms with Gasteiger partial charge in [0.05, 0.1) is 18.4 Å². The highest BCUT2D eigenvalue weighted by atomic mass is 19.4. The summed E-state index contributed by atoms with van der Waals surface area (Å²) in [5.74, 6) is -0.691. The normalized spacial score (nSPS) is 11.2. The quantitative estimate of drug-likeness (QED) is 0.808. The van der Waals surface area contributed by atoms with Gasteiger partial charge in [-0.1, -0.05) is 12.1 Å². The van der Waals surface area contributed by atoms with Crippen LogP contribution in [0.15, 0.2) is 41.0 Å². The molecule has 25 heavy (non-hydrogen) atoms. The average Bonchev–Trinajstić information content (AvgIpc) is 2.98. The molecule has 0 unspecified atom stereocenters. The molecule has 1 aromatic carbocycles. The van der Waals surface area contributed by atoms with Crippen LogP contribution in [0.5, 0.6) is 0 Å². The molecule has 2 amide bonds. The van der Waals surface area contributed by atoms with Gasteiger partial charge in [-0.15, -0.1) is 0 Å². The number of carbonyl (C=O) groups excluding carboxylic acids is 2. The van der Waals surface area contributed by atoms with E-state index in [4.69, 9.17) is 4.42 Å². The molecule has 9 heteroatoms. The lowest BCUT2D eigenvalue weighted by molar-refractivity contribution is -0.176. The summed E-state index contributed by atoms with van der Waals surface area (Å²) in [5, 5.41) is 0. The van der Waals surface area contributed by atoms with Crippen LogP contribution in [0.2, 0.25) is 0 Å². The molecule has 0 fully saturated rings. The van der Waals surface area contributed by atoms with E-state index in [9.17, 15) is 22.8 Å². The molecule has 1 aromatic heterocycles. The van der Waals surface area contributed by atoms with Gasteiger partial charge in [0.2, 0.25) is 0 Å². The van der Waals surface area contributed by atoms with Gasteiger partial charge >= 0.3 is 6.18 Å². The Morgan fingerprint density at radius 2 is 1.72 bits per heavy atom. The standard InChI is InChI=1S/C16H15F3N2O4/c1-10-13(6-7-25-10)15(23)21-20-14(22)12-4-2-11(3-5-12)8-24-9-16(17,18)19/h2-7H,8-9H2,1H3,(H,20,22)(H,21,23). The van der Waals surface area contributed by atoms with Crippen molar-refractivity contribution in [3.8, 4) is 0 Å². The molecule has 0 saturated carbocycles. The van der Waals surface area contributed by atoms with Crippen LogP contribution in [0.25, 0.3) is 0 Å². The molecule has 2 rings (SSSR count). The highest BCUT2D eigenvalue weighted by Crippen LogP contribution is 2.16. The zero-order valence-electron chi connectivity index (χ0n) is 13.1. The van der Waals surface area contributed by atoms with Gasteiger partial charge in [0.25, 0.3) is 11.8 Å². The number of furan rings is 1. The molecule has 0 radical (unpaired) electrons. The Labute approximate surface area is 140 Å². The monoisotopic (exact) mass is 356 g/mol. The molecule has 0 atom stereocenters. The third kappa shape index (κ3) is 5.64. The fourth-order valence-corrected chi connectivity index (χ4v) is 1.91. The predicted octanol–water partition coefficient (Wildman–Crippen LogP) is 2.74. The van der Waals surface area contributed by atoms with E-state index in [0.717, 1.165) is 0 Å². The van der Waals surface area contributed by atoms with Crippen molar-refractivity contribution in [1.82, 2.24) is 10.9 Å². The number of rotatable bonds is 5. The van der Waals surface area contributed by atoms with Crippen LogP contribution >= 0.6 is 0 Å². The summed E-state index contributed by atoms with van der Waals surface area (Å²) in [6, 6.07) is 7.22. The molecular weight excluding hydrogens is 341 g/mol. The molecular formula is C16H15F3N2O4. The predicted molar refractivity (Wildman–Crippen MR) is 80.5 cm³/mol. The average molecular weight is 356 g/mol. The van der Waals surface area contributed by atoms with Crippen molar-refractivity contribution in [2.24, 2.45) is 0 Å². The van der Waals surface area contributed by atoms with Crippen molar-refractivity contribution < 1.29 is 31.9 Å². The first kappa shape index (κ1) is 18.5. The minimum Gasteiger partial charge on any atom is -0.469 e. The van der Waals surface area contributed by atoms with E-state index >= 15 is 0 Å². The molecule has 6 nitrogen and oxygen atoms in total. The third-order valence-electron chi connectivity index (χ3n) is 3.14. The van der Waals surface area contributed by atoms with E-state index in [1.807, 2.05) is 0 Å². The highest BCUT2D eigenvalue weighted by molar-refractivity contribution is 5.99. The first-order valence-corrected chi connectivity index (χ1v) is 7.14. The van der Waals surface area contributed by atoms with E-state index in [-0.39, 0.29) is 17.7 Å². The first-order valence-electron chi connectivity index (χ1n) is 7.14. The molecule has 2 aromatic rings. The molecule has 0 aliphatic rings. The summed E-state index contributed by atoms with van der Waals surface area (Å²) in [5.41, 5.74) is 5.48. The second-order valence-corrected chi connectivity index (χ2v) is 5.10. The lowest BCUT2D eigenvalue weighted by Crippen LogP contribution is -2.41. The van der Waals surface area contributed by atoms with Crippen LogP contribution in [-0.2, 0) is 11.3 Å². The number of hydrazine groups is 1. The summed E-state index contributed by atoms with van der Waals surface area (Å²) < 4.78 is 45.5. The van der Waals surface area contributed by atoms with Crippen LogP contribution < -0.4 is 10.9 Å². The number of carbonyl (C=O) groups is 2. The molecule has 2 N–H and O–H groups in total. The van der Waals surface area contributed by atoms with Gasteiger partial charge in [-0.3, -0.25) is 20.4 Å². The molecule has 134 valence electrons. The Morgan fingerprint density at radius 3 is 2.28 bits per heavy atom. The topological polar surface area (TPSA) is 80.6 Å². The van der Waals surface area contributed by atoms with Crippen molar-refractivity contribution in [2.45, 2.75) is 19.7 Å². The maximum absolute atomic E-state index is 12.0. The summed E-state index contributed by atoms with van der Waals surface area (Å²) in [6.45, 7) is 0.0446. The van der Waals surface area contributed by atoms with Crippen LogP contribution in [0, 0.1) is 6.92 Å². The maximum Gasteiger partial charge on any atom is 0.411 e. The highest BCUT2D eigenvalue weighted by Gasteiger charge is 2.27. The van der Waals surface area contributed by atoms with E-state index in [2.05, 4.69) is 15.6 Å². The second kappa shape index (κ2) is 7.84. The molecule has 0 bridgehead atoms. The van der Waals surface area contributed by atoms with Gasteiger partial charge in [0.1, 0.15) is 12.4 Å². The number of halogens is 3. The number of hydrogen-bond donors (Lipinski definition) is 2. The zero-order chi connectivity index (χ0) is 18.4. The Morgan fingerprint density at radius 1 is 1.08 bits per heavy atom. The number of amides is 2. The van der Waals surface area contributed by atoms with Gasteiger partial charge in [0, 0.05) is 5.56 Å². The molecule has 0 saturated heterocycles. The SMILES string of the molecule is Cc1occc1C(=O)NNC(=O)c1ccc(COCC(F)(F)F)cc1. The fourth-order valence-electron chi connectivity index (χ4n) is 1.91. The van der Waals surface area contributed by atoms with Crippen LogP contribution in [0.3, 0.4) is 0 Å². The van der Waals surface area contributed by atoms with E-state index in [1.165, 1.54) is 36.6 Å².